The zero-order valence-corrected chi connectivity index (χ0v) is 19.7. The molecule has 3 aromatic rings. The van der Waals surface area contributed by atoms with Gasteiger partial charge in [-0.15, -0.1) is 11.3 Å². The van der Waals surface area contributed by atoms with E-state index < -0.39 is 10.0 Å². The normalized spacial score (nSPS) is 17.1. The Bertz CT molecular complexity index is 1120. The van der Waals surface area contributed by atoms with Crippen LogP contribution in [0.25, 0.3) is 0 Å². The van der Waals surface area contributed by atoms with Crippen molar-refractivity contribution in [1.82, 2.24) is 5.32 Å². The fourth-order valence-corrected chi connectivity index (χ4v) is 6.51. The van der Waals surface area contributed by atoms with E-state index >= 15 is 0 Å². The SMILES string of the molecule is C[C@@H](NCC1CCc2ccc(NS(=O)(=O)c3ccc(Br)s3)cc2O1)c1ccccc1. The molecule has 1 unspecified atom stereocenters. The van der Waals surface area contributed by atoms with Crippen LogP contribution in [0.4, 0.5) is 5.69 Å². The maximum absolute atomic E-state index is 12.6. The van der Waals surface area contributed by atoms with E-state index in [1.54, 1.807) is 24.3 Å². The summed E-state index contributed by atoms with van der Waals surface area (Å²) in [5.74, 6) is 0.743. The van der Waals surface area contributed by atoms with Crippen molar-refractivity contribution < 1.29 is 13.2 Å². The largest absolute Gasteiger partial charge is 0.489 e. The Kier molecular flexibility index (Phi) is 6.48. The Balaban J connectivity index is 1.41. The van der Waals surface area contributed by atoms with E-state index in [1.807, 2.05) is 24.3 Å². The van der Waals surface area contributed by atoms with E-state index in [9.17, 15) is 8.42 Å². The predicted octanol–water partition coefficient (Wildman–Crippen LogP) is 5.36. The number of halogens is 1. The van der Waals surface area contributed by atoms with Gasteiger partial charge in [-0.2, -0.15) is 0 Å². The third kappa shape index (κ3) is 5.06. The summed E-state index contributed by atoms with van der Waals surface area (Å²) in [6, 6.07) is 19.4. The Morgan fingerprint density at radius 1 is 1.17 bits per heavy atom. The number of anilines is 1. The minimum Gasteiger partial charge on any atom is -0.489 e. The van der Waals surface area contributed by atoms with Gasteiger partial charge < -0.3 is 10.1 Å². The molecule has 0 saturated carbocycles. The van der Waals surface area contributed by atoms with Gasteiger partial charge in [0.25, 0.3) is 10.0 Å². The van der Waals surface area contributed by atoms with E-state index in [0.29, 0.717) is 5.69 Å². The number of thiophene rings is 1. The molecule has 0 aliphatic carbocycles. The van der Waals surface area contributed by atoms with Crippen LogP contribution in [-0.2, 0) is 16.4 Å². The molecule has 2 heterocycles. The van der Waals surface area contributed by atoms with Crippen molar-refractivity contribution in [1.29, 1.82) is 0 Å². The molecule has 1 aliphatic rings. The number of fused-ring (bicyclic) bond motifs is 1. The van der Waals surface area contributed by atoms with Crippen LogP contribution in [-0.4, -0.2) is 21.1 Å². The van der Waals surface area contributed by atoms with Crippen molar-refractivity contribution in [2.75, 3.05) is 11.3 Å². The van der Waals surface area contributed by atoms with Crippen LogP contribution in [0.2, 0.25) is 0 Å². The van der Waals surface area contributed by atoms with Crippen molar-refractivity contribution in [2.45, 2.75) is 36.1 Å². The van der Waals surface area contributed by atoms with E-state index in [0.717, 1.165) is 34.5 Å². The lowest BCUT2D eigenvalue weighted by atomic mass is 10.0. The summed E-state index contributed by atoms with van der Waals surface area (Å²) in [6.45, 7) is 2.87. The quantitative estimate of drug-likeness (QED) is 0.452. The zero-order chi connectivity index (χ0) is 21.1. The summed E-state index contributed by atoms with van der Waals surface area (Å²) in [6.07, 6.45) is 1.88. The number of sulfonamides is 1. The van der Waals surface area contributed by atoms with Crippen LogP contribution in [0.3, 0.4) is 0 Å². The Hall–Kier alpha value is -1.87. The summed E-state index contributed by atoms with van der Waals surface area (Å²) >= 11 is 4.48. The molecule has 8 heteroatoms. The van der Waals surface area contributed by atoms with Gasteiger partial charge in [0.15, 0.2) is 0 Å². The van der Waals surface area contributed by atoms with Crippen molar-refractivity contribution in [3.63, 3.8) is 0 Å². The summed E-state index contributed by atoms with van der Waals surface area (Å²) < 4.78 is 35.0. The monoisotopic (exact) mass is 506 g/mol. The van der Waals surface area contributed by atoms with Gasteiger partial charge in [0.05, 0.1) is 9.47 Å². The Morgan fingerprint density at radius 3 is 2.70 bits per heavy atom. The van der Waals surface area contributed by atoms with Gasteiger partial charge in [0.2, 0.25) is 0 Å². The van der Waals surface area contributed by atoms with Crippen molar-refractivity contribution in [3.8, 4) is 5.75 Å². The van der Waals surface area contributed by atoms with Crippen molar-refractivity contribution in [3.05, 3.63) is 75.6 Å². The number of rotatable bonds is 7. The van der Waals surface area contributed by atoms with Crippen LogP contribution in [0.5, 0.6) is 5.75 Å². The molecule has 0 fully saturated rings. The number of benzene rings is 2. The lowest BCUT2D eigenvalue weighted by molar-refractivity contribution is 0.167. The fraction of sp³-hybridized carbons (Fsp3) is 0.273. The molecule has 0 amide bonds. The van der Waals surface area contributed by atoms with E-state index in [4.69, 9.17) is 4.74 Å². The summed E-state index contributed by atoms with van der Waals surface area (Å²) in [5, 5.41) is 3.54. The lowest BCUT2D eigenvalue weighted by Crippen LogP contribution is -2.35. The second-order valence-electron chi connectivity index (χ2n) is 7.31. The third-order valence-electron chi connectivity index (χ3n) is 5.11. The number of ether oxygens (including phenoxy) is 1. The maximum atomic E-state index is 12.6. The highest BCUT2D eigenvalue weighted by Gasteiger charge is 2.22. The number of hydrogen-bond donors (Lipinski definition) is 2. The molecule has 2 N–H and O–H groups in total. The molecule has 2 aromatic carbocycles. The fourth-order valence-electron chi connectivity index (χ4n) is 3.45. The molecular weight excluding hydrogens is 484 g/mol. The highest BCUT2D eigenvalue weighted by molar-refractivity contribution is 9.11. The molecule has 0 radical (unpaired) electrons. The van der Waals surface area contributed by atoms with Gasteiger partial charge in [-0.1, -0.05) is 36.4 Å². The molecule has 30 heavy (non-hydrogen) atoms. The van der Waals surface area contributed by atoms with Gasteiger partial charge >= 0.3 is 0 Å². The first kappa shape index (κ1) is 21.4. The smallest absolute Gasteiger partial charge is 0.271 e. The Labute approximate surface area is 189 Å². The Morgan fingerprint density at radius 2 is 1.97 bits per heavy atom. The summed E-state index contributed by atoms with van der Waals surface area (Å²) in [5.41, 5.74) is 2.85. The minimum atomic E-state index is -3.61. The average molecular weight is 507 g/mol. The molecule has 0 bridgehead atoms. The second kappa shape index (κ2) is 9.09. The lowest BCUT2D eigenvalue weighted by Gasteiger charge is -2.28. The van der Waals surface area contributed by atoms with Crippen LogP contribution in [0, 0.1) is 0 Å². The highest BCUT2D eigenvalue weighted by Crippen LogP contribution is 2.32. The first-order chi connectivity index (χ1) is 14.4. The minimum absolute atomic E-state index is 0.0452. The van der Waals surface area contributed by atoms with Gasteiger partial charge in [-0.25, -0.2) is 8.42 Å². The molecule has 0 saturated heterocycles. The predicted molar refractivity (Wildman–Crippen MR) is 125 cm³/mol. The summed E-state index contributed by atoms with van der Waals surface area (Å²) in [7, 11) is -3.61. The van der Waals surface area contributed by atoms with Crippen molar-refractivity contribution >= 4 is 43.0 Å². The third-order valence-corrected chi connectivity index (χ3v) is 8.61. The van der Waals surface area contributed by atoms with Gasteiger partial charge in [0, 0.05) is 18.7 Å². The molecular formula is C22H23BrN2O3S2. The molecule has 1 aliphatic heterocycles. The topological polar surface area (TPSA) is 67.4 Å². The first-order valence-corrected chi connectivity index (χ1v) is 12.9. The average Bonchev–Trinajstić information content (AvgIpc) is 3.19. The molecule has 2 atom stereocenters. The van der Waals surface area contributed by atoms with Crippen LogP contribution >= 0.6 is 27.3 Å². The molecule has 1 aromatic heterocycles. The van der Waals surface area contributed by atoms with Crippen LogP contribution < -0.4 is 14.8 Å². The van der Waals surface area contributed by atoms with Gasteiger partial charge in [-0.05, 0) is 65.0 Å². The molecule has 4 rings (SSSR count). The highest BCUT2D eigenvalue weighted by atomic mass is 79.9. The molecule has 158 valence electrons. The maximum Gasteiger partial charge on any atom is 0.271 e. The zero-order valence-electron chi connectivity index (χ0n) is 16.5. The number of aryl methyl sites for hydroxylation is 1. The van der Waals surface area contributed by atoms with E-state index in [-0.39, 0.29) is 16.4 Å². The van der Waals surface area contributed by atoms with Crippen LogP contribution in [0.1, 0.15) is 30.5 Å². The number of nitrogens with one attached hydrogen (secondary N) is 2. The van der Waals surface area contributed by atoms with Gasteiger partial charge in [0.1, 0.15) is 16.1 Å². The van der Waals surface area contributed by atoms with Crippen LogP contribution in [0.15, 0.2) is 68.7 Å². The van der Waals surface area contributed by atoms with Crippen molar-refractivity contribution in [2.24, 2.45) is 0 Å². The number of hydrogen-bond acceptors (Lipinski definition) is 5. The summed E-state index contributed by atoms with van der Waals surface area (Å²) in [4.78, 5) is 0. The molecule has 5 nitrogen and oxygen atoms in total. The van der Waals surface area contributed by atoms with E-state index in [2.05, 4.69) is 45.0 Å². The standard InChI is InChI=1S/C22H23BrN2O3S2/c1-15(16-5-3-2-4-6-16)24-14-19-10-8-17-7-9-18(13-20(17)28-19)25-30(26,27)22-12-11-21(23)29-22/h2-7,9,11-13,15,19,24-25H,8,10,14H2,1H3/t15-,19?/m1/s1. The first-order valence-electron chi connectivity index (χ1n) is 9.77. The van der Waals surface area contributed by atoms with E-state index in [1.165, 1.54) is 16.9 Å². The molecule has 0 spiro atoms. The second-order valence-corrected chi connectivity index (χ2v) is 11.7. The van der Waals surface area contributed by atoms with Gasteiger partial charge in [-0.3, -0.25) is 4.72 Å².